The number of ether oxygens (including phenoxy) is 2. The lowest BCUT2D eigenvalue weighted by atomic mass is 9.96. The lowest BCUT2D eigenvalue weighted by Gasteiger charge is -2.29. The third kappa shape index (κ3) is 4.48. The molecule has 120 valence electrons. The Labute approximate surface area is 141 Å². The van der Waals surface area contributed by atoms with Crippen molar-refractivity contribution in [3.05, 3.63) is 34.8 Å². The molecule has 0 aliphatic rings. The maximum atomic E-state index is 5.91. The number of nitrogens with zero attached hydrogens (tertiary/aromatic N) is 1. The minimum Gasteiger partial charge on any atom is -0.464 e. The van der Waals surface area contributed by atoms with E-state index in [-0.39, 0.29) is 11.7 Å². The van der Waals surface area contributed by atoms with Crippen LogP contribution in [-0.4, -0.2) is 18.4 Å². The van der Waals surface area contributed by atoms with Gasteiger partial charge in [0.1, 0.15) is 5.75 Å². The average Bonchev–Trinajstić information content (AvgIpc) is 2.75. The van der Waals surface area contributed by atoms with Crippen molar-refractivity contribution in [2.24, 2.45) is 5.41 Å². The van der Waals surface area contributed by atoms with Gasteiger partial charge in [0.05, 0.1) is 5.69 Å². The second-order valence-electron chi connectivity index (χ2n) is 6.25. The number of rotatable bonds is 5. The van der Waals surface area contributed by atoms with Gasteiger partial charge in [-0.3, -0.25) is 0 Å². The Kier molecular flexibility index (Phi) is 5.53. The van der Waals surface area contributed by atoms with Crippen LogP contribution in [0.1, 0.15) is 31.3 Å². The number of aryl methyl sites for hydroxylation is 2. The molecule has 0 aliphatic carbocycles. The maximum absolute atomic E-state index is 5.91. The molecule has 0 aliphatic heterocycles. The second kappa shape index (κ2) is 7.02. The minimum absolute atomic E-state index is 0.0713. The summed E-state index contributed by atoms with van der Waals surface area (Å²) in [6.45, 7) is 10.4. The molecule has 2 rings (SSSR count). The Balaban J connectivity index is 2.04. The fourth-order valence-electron chi connectivity index (χ4n) is 1.88. The highest BCUT2D eigenvalue weighted by atomic mass is 32.2. The molecule has 1 atom stereocenters. The van der Waals surface area contributed by atoms with Crippen molar-refractivity contribution in [3.63, 3.8) is 0 Å². The molecule has 1 heterocycles. The van der Waals surface area contributed by atoms with Crippen molar-refractivity contribution in [2.75, 3.05) is 7.11 Å². The van der Waals surface area contributed by atoms with Crippen molar-refractivity contribution in [1.82, 2.24) is 4.98 Å². The van der Waals surface area contributed by atoms with E-state index in [1.807, 2.05) is 19.1 Å². The first-order chi connectivity index (χ1) is 10.3. The largest absolute Gasteiger partial charge is 0.464 e. The van der Waals surface area contributed by atoms with Crippen LogP contribution in [0.25, 0.3) is 0 Å². The Hall–Kier alpha value is -1.04. The molecule has 0 N–H and O–H groups in total. The zero-order chi connectivity index (χ0) is 16.3. The van der Waals surface area contributed by atoms with E-state index in [2.05, 4.69) is 44.8 Å². The van der Waals surface area contributed by atoms with Crippen LogP contribution >= 0.6 is 23.1 Å². The van der Waals surface area contributed by atoms with Crippen molar-refractivity contribution in [1.29, 1.82) is 0 Å². The summed E-state index contributed by atoms with van der Waals surface area (Å²) in [7, 11) is 1.67. The number of hydrogen-bond acceptors (Lipinski definition) is 5. The van der Waals surface area contributed by atoms with Gasteiger partial charge in [-0.2, -0.15) is 0 Å². The SMILES string of the molecule is COC(Oc1ccc(Sc2nc(C)c(C)s2)cc1)C(C)(C)C. The topological polar surface area (TPSA) is 31.4 Å². The Bertz CT molecular complexity index is 595. The molecule has 3 nitrogen and oxygen atoms in total. The molecule has 0 radical (unpaired) electrons. The summed E-state index contributed by atoms with van der Waals surface area (Å²) < 4.78 is 12.4. The molecule has 0 saturated carbocycles. The molecular weight excluding hydrogens is 314 g/mol. The van der Waals surface area contributed by atoms with Crippen molar-refractivity contribution >= 4 is 23.1 Å². The maximum Gasteiger partial charge on any atom is 0.204 e. The van der Waals surface area contributed by atoms with Gasteiger partial charge in [-0.25, -0.2) is 4.98 Å². The van der Waals surface area contributed by atoms with E-state index in [1.54, 1.807) is 30.2 Å². The molecule has 0 spiro atoms. The van der Waals surface area contributed by atoms with Crippen LogP contribution in [0.2, 0.25) is 0 Å². The summed E-state index contributed by atoms with van der Waals surface area (Å²) in [6.07, 6.45) is -0.268. The summed E-state index contributed by atoms with van der Waals surface area (Å²) in [6, 6.07) is 8.07. The van der Waals surface area contributed by atoms with Gasteiger partial charge >= 0.3 is 0 Å². The molecule has 1 unspecified atom stereocenters. The molecule has 0 fully saturated rings. The standard InChI is InChI=1S/C17H23NO2S2/c1-11-12(2)21-16(18-11)22-14-9-7-13(8-10-14)20-15(19-6)17(3,4)5/h7-10,15H,1-6H3. The van der Waals surface area contributed by atoms with Crippen molar-refractivity contribution in [2.45, 2.75) is 50.1 Å². The number of methoxy groups -OCH3 is 1. The normalized spacial score (nSPS) is 13.2. The smallest absolute Gasteiger partial charge is 0.204 e. The second-order valence-corrected chi connectivity index (χ2v) is 8.77. The van der Waals surface area contributed by atoms with E-state index in [0.717, 1.165) is 20.7 Å². The van der Waals surface area contributed by atoms with Gasteiger partial charge in [0.2, 0.25) is 6.29 Å². The van der Waals surface area contributed by atoms with Gasteiger partial charge in [0.15, 0.2) is 4.34 Å². The quantitative estimate of drug-likeness (QED) is 0.692. The van der Waals surface area contributed by atoms with Crippen LogP contribution in [0, 0.1) is 19.3 Å². The summed E-state index contributed by atoms with van der Waals surface area (Å²) in [5, 5.41) is 0. The van der Waals surface area contributed by atoms with Gasteiger partial charge in [0.25, 0.3) is 0 Å². The lowest BCUT2D eigenvalue weighted by molar-refractivity contribution is -0.120. The van der Waals surface area contributed by atoms with Crippen LogP contribution in [0.3, 0.4) is 0 Å². The lowest BCUT2D eigenvalue weighted by Crippen LogP contribution is -2.33. The highest BCUT2D eigenvalue weighted by Gasteiger charge is 2.26. The highest BCUT2D eigenvalue weighted by Crippen LogP contribution is 2.34. The van der Waals surface area contributed by atoms with Gasteiger partial charge in [0, 0.05) is 22.3 Å². The number of benzene rings is 1. The first-order valence-corrected chi connectivity index (χ1v) is 8.84. The van der Waals surface area contributed by atoms with E-state index in [0.29, 0.717) is 0 Å². The molecule has 0 amide bonds. The predicted octanol–water partition coefficient (Wildman–Crippen LogP) is 5.31. The van der Waals surface area contributed by atoms with Gasteiger partial charge < -0.3 is 9.47 Å². The third-order valence-electron chi connectivity index (χ3n) is 3.20. The molecular formula is C17H23NO2S2. The van der Waals surface area contributed by atoms with Gasteiger partial charge in [-0.05, 0) is 38.1 Å². The van der Waals surface area contributed by atoms with E-state index in [4.69, 9.17) is 9.47 Å². The molecule has 0 saturated heterocycles. The summed E-state index contributed by atoms with van der Waals surface area (Å²) in [5.74, 6) is 0.817. The number of thiazole rings is 1. The number of hydrogen-bond donors (Lipinski definition) is 0. The van der Waals surface area contributed by atoms with Crippen LogP contribution in [0.5, 0.6) is 5.75 Å². The fraction of sp³-hybridized carbons (Fsp3) is 0.471. The Morgan fingerprint density at radius 1 is 1.14 bits per heavy atom. The summed E-state index contributed by atoms with van der Waals surface area (Å²) in [5.41, 5.74) is 1.04. The zero-order valence-corrected chi connectivity index (χ0v) is 15.6. The molecule has 5 heteroatoms. The van der Waals surface area contributed by atoms with Crippen molar-refractivity contribution in [3.8, 4) is 5.75 Å². The van der Waals surface area contributed by atoms with Crippen LogP contribution in [-0.2, 0) is 4.74 Å². The van der Waals surface area contributed by atoms with Gasteiger partial charge in [-0.1, -0.05) is 32.5 Å². The summed E-state index contributed by atoms with van der Waals surface area (Å²) in [4.78, 5) is 6.98. The monoisotopic (exact) mass is 337 g/mol. The van der Waals surface area contributed by atoms with E-state index in [9.17, 15) is 0 Å². The average molecular weight is 338 g/mol. The molecule has 22 heavy (non-hydrogen) atoms. The number of aromatic nitrogens is 1. The van der Waals surface area contributed by atoms with Crippen LogP contribution in [0.4, 0.5) is 0 Å². The predicted molar refractivity (Wildman–Crippen MR) is 93.0 cm³/mol. The molecule has 0 bridgehead atoms. The molecule has 1 aromatic heterocycles. The zero-order valence-electron chi connectivity index (χ0n) is 14.0. The van der Waals surface area contributed by atoms with E-state index >= 15 is 0 Å². The first kappa shape index (κ1) is 17.3. The Morgan fingerprint density at radius 3 is 2.23 bits per heavy atom. The molecule has 1 aromatic carbocycles. The van der Waals surface area contributed by atoms with Crippen LogP contribution in [0.15, 0.2) is 33.5 Å². The minimum atomic E-state index is -0.268. The van der Waals surface area contributed by atoms with Crippen molar-refractivity contribution < 1.29 is 9.47 Å². The fourth-order valence-corrected chi connectivity index (χ4v) is 4.00. The third-order valence-corrected chi connectivity index (χ3v) is 5.34. The van der Waals surface area contributed by atoms with Crippen LogP contribution < -0.4 is 4.74 Å². The highest BCUT2D eigenvalue weighted by molar-refractivity contribution is 8.01. The van der Waals surface area contributed by atoms with Gasteiger partial charge in [-0.15, -0.1) is 11.3 Å². The first-order valence-electron chi connectivity index (χ1n) is 7.21. The van der Waals surface area contributed by atoms with E-state index < -0.39 is 0 Å². The van der Waals surface area contributed by atoms with E-state index in [1.165, 1.54) is 4.88 Å². The molecule has 2 aromatic rings. The Morgan fingerprint density at radius 2 is 1.77 bits per heavy atom. The summed E-state index contributed by atoms with van der Waals surface area (Å²) >= 11 is 3.41.